The Hall–Kier alpha value is -5.43. The minimum Gasteiger partial charge on any atom is -0.479 e. The number of rotatable bonds is 8. The molecule has 2 N–H and O–H groups in total. The van der Waals surface area contributed by atoms with Crippen LogP contribution >= 0.6 is 0 Å². The first kappa shape index (κ1) is 25.8. The number of hydrogen-bond donors (Lipinski definition) is 2. The summed E-state index contributed by atoms with van der Waals surface area (Å²) >= 11 is 0. The molecular weight excluding hydrogens is 510 g/mol. The Balaban J connectivity index is 1.52. The van der Waals surface area contributed by atoms with Gasteiger partial charge < -0.3 is 10.1 Å². The van der Waals surface area contributed by atoms with E-state index in [1.54, 1.807) is 13.3 Å². The number of nitrogens with zero attached hydrogens (tertiary/aromatic N) is 3. The number of hydrogen-bond acceptors (Lipinski definition) is 4. The van der Waals surface area contributed by atoms with Crippen LogP contribution in [0.25, 0.3) is 10.9 Å². The monoisotopic (exact) mass is 539 g/mol. The minimum absolute atomic E-state index is 0.348. The summed E-state index contributed by atoms with van der Waals surface area (Å²) in [6.45, 7) is 0.403. The number of nitrogens with one attached hydrogen (secondary N) is 2. The highest BCUT2D eigenvalue weighted by Gasteiger charge is 2.41. The van der Waals surface area contributed by atoms with Crippen molar-refractivity contribution < 1.29 is 9.53 Å². The molecule has 2 aromatic heterocycles. The highest BCUT2D eigenvalue weighted by molar-refractivity contribution is 5.92. The molecule has 4 aromatic carbocycles. The summed E-state index contributed by atoms with van der Waals surface area (Å²) in [4.78, 5) is 17.3. The largest absolute Gasteiger partial charge is 0.479 e. The van der Waals surface area contributed by atoms with Crippen LogP contribution in [0.3, 0.4) is 0 Å². The first-order chi connectivity index (χ1) is 20.2. The van der Waals surface area contributed by atoms with Gasteiger partial charge in [0.25, 0.3) is 0 Å². The number of amides is 2. The third-order valence-corrected chi connectivity index (χ3v) is 7.15. The van der Waals surface area contributed by atoms with Crippen molar-refractivity contribution in [1.82, 2.24) is 20.1 Å². The van der Waals surface area contributed by atoms with Crippen LogP contribution in [0.4, 0.5) is 10.6 Å². The molecule has 0 aliphatic carbocycles. The number of ether oxygens (including phenoxy) is 1. The molecule has 0 saturated heterocycles. The molecule has 41 heavy (non-hydrogen) atoms. The number of carbonyl (C=O) groups excluding carboxylic acids is 1. The molecule has 2 amide bonds. The molecule has 7 nitrogen and oxygen atoms in total. The Morgan fingerprint density at radius 1 is 0.780 bits per heavy atom. The maximum Gasteiger partial charge on any atom is 0.320 e. The lowest BCUT2D eigenvalue weighted by Crippen LogP contribution is -2.38. The lowest BCUT2D eigenvalue weighted by Gasteiger charge is -2.36. The van der Waals surface area contributed by atoms with Gasteiger partial charge in [-0.05, 0) is 22.3 Å². The molecule has 0 spiro atoms. The first-order valence-electron chi connectivity index (χ1n) is 13.4. The van der Waals surface area contributed by atoms with Gasteiger partial charge in [0.15, 0.2) is 0 Å². The van der Waals surface area contributed by atoms with E-state index in [4.69, 9.17) is 9.84 Å². The molecule has 6 rings (SSSR count). The molecule has 0 fully saturated rings. The van der Waals surface area contributed by atoms with Gasteiger partial charge >= 0.3 is 6.03 Å². The van der Waals surface area contributed by atoms with Gasteiger partial charge in [-0.3, -0.25) is 5.32 Å². The van der Waals surface area contributed by atoms with Crippen molar-refractivity contribution in [3.05, 3.63) is 156 Å². The maximum atomic E-state index is 12.8. The molecule has 202 valence electrons. The minimum atomic E-state index is -0.854. The van der Waals surface area contributed by atoms with Gasteiger partial charge in [0.05, 0.1) is 18.0 Å². The zero-order valence-electron chi connectivity index (χ0n) is 22.6. The van der Waals surface area contributed by atoms with E-state index >= 15 is 0 Å². The quantitative estimate of drug-likeness (QED) is 0.214. The number of carbonyl (C=O) groups is 1. The second-order valence-corrected chi connectivity index (χ2v) is 9.61. The molecular formula is C34H29N5O2. The molecule has 0 aliphatic rings. The molecule has 7 heteroatoms. The molecule has 2 heterocycles. The summed E-state index contributed by atoms with van der Waals surface area (Å²) < 4.78 is 7.73. The molecule has 0 bridgehead atoms. The van der Waals surface area contributed by atoms with Crippen molar-refractivity contribution in [3.8, 4) is 5.88 Å². The normalized spacial score (nSPS) is 11.2. The van der Waals surface area contributed by atoms with Gasteiger partial charge in [-0.25, -0.2) is 14.5 Å². The third-order valence-electron chi connectivity index (χ3n) is 7.15. The van der Waals surface area contributed by atoms with E-state index < -0.39 is 5.54 Å². The highest BCUT2D eigenvalue weighted by Crippen LogP contribution is 2.43. The van der Waals surface area contributed by atoms with Gasteiger partial charge in [0, 0.05) is 18.8 Å². The van der Waals surface area contributed by atoms with Crippen LogP contribution in [0.1, 0.15) is 22.3 Å². The zero-order valence-corrected chi connectivity index (χ0v) is 22.6. The van der Waals surface area contributed by atoms with Gasteiger partial charge in [-0.2, -0.15) is 0 Å². The van der Waals surface area contributed by atoms with Crippen molar-refractivity contribution in [2.45, 2.75) is 12.1 Å². The number of anilines is 1. The number of aromatic nitrogens is 3. The van der Waals surface area contributed by atoms with Crippen LogP contribution in [-0.2, 0) is 12.1 Å². The number of pyridine rings is 1. The van der Waals surface area contributed by atoms with E-state index in [0.717, 1.165) is 33.2 Å². The molecule has 0 unspecified atom stereocenters. The molecule has 0 radical (unpaired) electrons. The average Bonchev–Trinajstić information content (AvgIpc) is 3.41. The van der Waals surface area contributed by atoms with Crippen molar-refractivity contribution in [2.75, 3.05) is 12.4 Å². The fourth-order valence-electron chi connectivity index (χ4n) is 5.30. The second-order valence-electron chi connectivity index (χ2n) is 9.61. The van der Waals surface area contributed by atoms with E-state index in [1.165, 1.54) is 0 Å². The molecule has 0 saturated carbocycles. The van der Waals surface area contributed by atoms with E-state index in [0.29, 0.717) is 18.2 Å². The Kier molecular flexibility index (Phi) is 7.15. The summed E-state index contributed by atoms with van der Waals surface area (Å²) in [5, 5.41) is 11.5. The van der Waals surface area contributed by atoms with Crippen molar-refractivity contribution in [3.63, 3.8) is 0 Å². The molecule has 0 atom stereocenters. The smallest absolute Gasteiger partial charge is 0.320 e. The van der Waals surface area contributed by atoms with Crippen molar-refractivity contribution in [2.24, 2.45) is 0 Å². The number of methoxy groups -OCH3 is 1. The average molecular weight is 540 g/mol. The highest BCUT2D eigenvalue weighted by atomic mass is 16.5. The lowest BCUT2D eigenvalue weighted by molar-refractivity contribution is 0.251. The van der Waals surface area contributed by atoms with Gasteiger partial charge in [-0.1, -0.05) is 121 Å². The lowest BCUT2D eigenvalue weighted by atomic mass is 9.77. The SMILES string of the molecule is COc1nn(C(c2ccccc2)(c2ccccc2)c2ccccc2)c2cc(NC(=O)NCc3ccccc3)ncc12. The van der Waals surface area contributed by atoms with E-state index in [2.05, 4.69) is 52.0 Å². The van der Waals surface area contributed by atoms with Gasteiger partial charge in [0.1, 0.15) is 11.4 Å². The summed E-state index contributed by atoms with van der Waals surface area (Å²) in [6.07, 6.45) is 1.69. The Morgan fingerprint density at radius 2 is 1.29 bits per heavy atom. The predicted molar refractivity (Wildman–Crippen MR) is 161 cm³/mol. The number of fused-ring (bicyclic) bond motifs is 1. The van der Waals surface area contributed by atoms with Crippen LogP contribution in [0.2, 0.25) is 0 Å². The van der Waals surface area contributed by atoms with Crippen LogP contribution in [-0.4, -0.2) is 27.9 Å². The number of benzene rings is 4. The van der Waals surface area contributed by atoms with Crippen molar-refractivity contribution in [1.29, 1.82) is 0 Å². The standard InChI is InChI=1S/C34H29N5O2/c1-41-32-29-24-35-31(37-33(40)36-23-25-14-6-2-7-15-25)22-30(29)39(38-32)34(26-16-8-3-9-17-26,27-18-10-4-11-19-27)28-20-12-5-13-21-28/h2-22,24H,23H2,1H3,(H2,35,36,37,40). The maximum absolute atomic E-state index is 12.8. The van der Waals surface area contributed by atoms with Crippen LogP contribution in [0.15, 0.2) is 134 Å². The van der Waals surface area contributed by atoms with E-state index in [-0.39, 0.29) is 6.03 Å². The van der Waals surface area contributed by atoms with E-state index in [1.807, 2.05) is 95.7 Å². The predicted octanol–water partition coefficient (Wildman–Crippen LogP) is 6.60. The van der Waals surface area contributed by atoms with Crippen LogP contribution in [0.5, 0.6) is 5.88 Å². The summed E-state index contributed by atoms with van der Waals surface area (Å²) in [6, 6.07) is 42.1. The first-order valence-corrected chi connectivity index (χ1v) is 13.4. The third kappa shape index (κ3) is 4.89. The Morgan fingerprint density at radius 3 is 1.80 bits per heavy atom. The van der Waals surface area contributed by atoms with Crippen LogP contribution < -0.4 is 15.4 Å². The fourth-order valence-corrected chi connectivity index (χ4v) is 5.30. The second kappa shape index (κ2) is 11.4. The van der Waals surface area contributed by atoms with E-state index in [9.17, 15) is 4.79 Å². The summed E-state index contributed by atoms with van der Waals surface area (Å²) in [5.41, 5.74) is 3.98. The summed E-state index contributed by atoms with van der Waals surface area (Å²) in [7, 11) is 1.60. The van der Waals surface area contributed by atoms with Gasteiger partial charge in [-0.15, -0.1) is 5.10 Å². The zero-order chi connectivity index (χ0) is 28.1. The molecule has 0 aliphatic heterocycles. The Labute approximate surface area is 238 Å². The molecule has 6 aromatic rings. The summed E-state index contributed by atoms with van der Waals surface area (Å²) in [5.74, 6) is 0.842. The fraction of sp³-hybridized carbons (Fsp3) is 0.0882. The Bertz CT molecular complexity index is 1660. The van der Waals surface area contributed by atoms with Crippen LogP contribution in [0, 0.1) is 0 Å². The van der Waals surface area contributed by atoms with Crippen molar-refractivity contribution >= 4 is 22.8 Å². The topological polar surface area (TPSA) is 81.1 Å². The van der Waals surface area contributed by atoms with Gasteiger partial charge in [0.2, 0.25) is 5.88 Å². The number of urea groups is 1.